The largest absolute Gasteiger partial charge is 0.492 e. The van der Waals surface area contributed by atoms with Crippen molar-refractivity contribution in [2.75, 3.05) is 89.4 Å². The molecule has 7 heterocycles. The molecule has 5 N–H and O–H groups in total. The Labute approximate surface area is 549 Å². The number of amides is 4. The predicted molar refractivity (Wildman–Crippen MR) is 352 cm³/mol. The number of aromatic carboxylic acids is 1. The molecule has 93 heavy (non-hydrogen) atoms. The zero-order chi connectivity index (χ0) is 65.7. The minimum absolute atomic E-state index is 0.0127. The highest BCUT2D eigenvalue weighted by Crippen LogP contribution is 2.42. The Kier molecular flexibility index (Phi) is 20.3. The monoisotopic (exact) mass is 1330 g/mol. The fourth-order valence-electron chi connectivity index (χ4n) is 11.5. The molecule has 3 aromatic carbocycles. The standard InChI is InChI=1S/C66H75F2N13O9S3/c1-39-45-13-10-24-80(58(45)76-75-57(39)74-63-71-47-14-7-8-15-51(47)92-63)64-72-54(61(86)87)52(93-64)16-11-30-89-49-20-17-41(32-46(49)67)12-9-23-78-25-27-79(28-26-78)53(83)37-77(6)29-31-90-50-33-42(55-40(2)70-38-91-55)18-19-43(50)35-69-59(84)48-34-44(82)36-81(48)60(85)56(65(3,4)5)73-62(88)66(68)21-22-66/h7-8,14-15,17-20,32-33,38,44,48,56,82H,10-11,13,16,21-31,34-37H2,1-6H3,(H,69,84)(H,73,88)(H,86,87)(H,71,74,75)/t44-,48+,56-/m1/s1. The van der Waals surface area contributed by atoms with E-state index in [4.69, 9.17) is 9.47 Å². The van der Waals surface area contributed by atoms with E-state index in [2.05, 4.69) is 57.8 Å². The number of rotatable bonds is 23. The van der Waals surface area contributed by atoms with Crippen LogP contribution in [-0.4, -0.2) is 188 Å². The molecule has 0 radical (unpaired) electrons. The number of likely N-dealkylation sites (tertiary alicyclic amines) is 1. The number of nitrogens with zero attached hydrogens (tertiary/aromatic N) is 10. The van der Waals surface area contributed by atoms with Gasteiger partial charge in [-0.3, -0.25) is 29.0 Å². The van der Waals surface area contributed by atoms with Crippen LogP contribution in [0.1, 0.15) is 96.2 Å². The average Bonchev–Trinajstić information content (AvgIpc) is 1.77. The number of nitrogens with one attached hydrogen (secondary N) is 3. The summed E-state index contributed by atoms with van der Waals surface area (Å²) < 4.78 is 43.4. The van der Waals surface area contributed by atoms with Crippen molar-refractivity contribution in [1.82, 2.24) is 55.4 Å². The number of alkyl halides is 1. The summed E-state index contributed by atoms with van der Waals surface area (Å²) in [6, 6.07) is 16.0. The van der Waals surface area contributed by atoms with Crippen LogP contribution in [0.25, 0.3) is 20.7 Å². The van der Waals surface area contributed by atoms with Crippen molar-refractivity contribution in [3.05, 3.63) is 111 Å². The highest BCUT2D eigenvalue weighted by Gasteiger charge is 2.53. The Morgan fingerprint density at radius 1 is 0.946 bits per heavy atom. The molecule has 4 aliphatic rings. The van der Waals surface area contributed by atoms with Gasteiger partial charge in [-0.25, -0.2) is 28.5 Å². The van der Waals surface area contributed by atoms with Crippen LogP contribution >= 0.6 is 34.0 Å². The Balaban J connectivity index is 0.615. The minimum Gasteiger partial charge on any atom is -0.492 e. The lowest BCUT2D eigenvalue weighted by Gasteiger charge is -2.35. The van der Waals surface area contributed by atoms with Crippen molar-refractivity contribution in [2.24, 2.45) is 5.41 Å². The number of aromatic nitrogens is 5. The van der Waals surface area contributed by atoms with Crippen molar-refractivity contribution in [3.8, 4) is 33.8 Å². The number of benzene rings is 3. The van der Waals surface area contributed by atoms with E-state index in [-0.39, 0.29) is 69.5 Å². The molecular weight excluding hydrogens is 1250 g/mol. The highest BCUT2D eigenvalue weighted by molar-refractivity contribution is 7.22. The second kappa shape index (κ2) is 28.5. The molecule has 1 aliphatic carbocycles. The van der Waals surface area contributed by atoms with E-state index in [1.165, 1.54) is 45.0 Å². The SMILES string of the molecule is Cc1ncsc1-c1ccc(CNC(=O)[C@@H]2C[C@@H](O)CN2C(=O)[C@@H](NC(=O)C2(F)CC2)C(C)(C)C)c(OCCN(C)CC(=O)N2CCN(CC#Cc3ccc(OCCCc4sc(N5CCCc6c5nnc(Nc5nc7ccccc7s5)c6C)nc4C(=O)O)c(F)c3)CC2)c1. The first-order valence-corrected chi connectivity index (χ1v) is 33.6. The lowest BCUT2D eigenvalue weighted by atomic mass is 9.85. The van der Waals surface area contributed by atoms with Gasteiger partial charge in [-0.2, -0.15) is 0 Å². The van der Waals surface area contributed by atoms with Crippen molar-refractivity contribution in [1.29, 1.82) is 0 Å². The molecule has 3 aliphatic heterocycles. The first-order chi connectivity index (χ1) is 44.6. The number of aryl methyl sites for hydroxylation is 2. The number of likely N-dealkylation sites (N-methyl/N-ethyl adjacent to an activating group) is 1. The first-order valence-electron chi connectivity index (χ1n) is 31.1. The highest BCUT2D eigenvalue weighted by atomic mass is 32.1. The van der Waals surface area contributed by atoms with E-state index >= 15 is 4.39 Å². The van der Waals surface area contributed by atoms with Crippen LogP contribution in [0.4, 0.5) is 30.7 Å². The van der Waals surface area contributed by atoms with Gasteiger partial charge in [-0.15, -0.1) is 32.9 Å². The third-order valence-electron chi connectivity index (χ3n) is 17.0. The molecule has 4 amide bonds. The second-order valence-electron chi connectivity index (χ2n) is 25.0. The van der Waals surface area contributed by atoms with Gasteiger partial charge in [0.05, 0.1) is 52.1 Å². The van der Waals surface area contributed by atoms with Gasteiger partial charge in [0.15, 0.2) is 44.8 Å². The number of piperazine rings is 1. The third kappa shape index (κ3) is 15.7. The van der Waals surface area contributed by atoms with Gasteiger partial charge in [0.25, 0.3) is 5.91 Å². The number of para-hydroxylation sites is 1. The lowest BCUT2D eigenvalue weighted by Crippen LogP contribution is -2.59. The number of β-amino-alcohol motifs (C(OH)–C–C–N with tert-alkyl or cyclic N) is 1. The van der Waals surface area contributed by atoms with E-state index in [1.54, 1.807) is 38.4 Å². The van der Waals surface area contributed by atoms with Gasteiger partial charge < -0.3 is 50.3 Å². The van der Waals surface area contributed by atoms with Crippen LogP contribution in [0.5, 0.6) is 11.5 Å². The topological polar surface area (TPSA) is 261 Å². The maximum atomic E-state index is 15.4. The van der Waals surface area contributed by atoms with Crippen LogP contribution in [0.3, 0.4) is 0 Å². The number of carboxylic acids is 1. The van der Waals surface area contributed by atoms with E-state index < -0.39 is 58.8 Å². The molecule has 3 atom stereocenters. The number of halogens is 2. The van der Waals surface area contributed by atoms with Crippen molar-refractivity contribution in [3.63, 3.8) is 0 Å². The van der Waals surface area contributed by atoms with E-state index in [9.17, 15) is 38.6 Å². The molecule has 3 fully saturated rings. The number of hydrogen-bond acceptors (Lipinski definition) is 20. The summed E-state index contributed by atoms with van der Waals surface area (Å²) in [5, 5.41) is 40.1. The van der Waals surface area contributed by atoms with Crippen LogP contribution in [0, 0.1) is 36.9 Å². The van der Waals surface area contributed by atoms with Gasteiger partial charge in [-0.1, -0.05) is 68.2 Å². The summed E-state index contributed by atoms with van der Waals surface area (Å²) >= 11 is 4.32. The molecule has 490 valence electrons. The molecule has 11 rings (SSSR count). The van der Waals surface area contributed by atoms with Crippen LogP contribution in [0.15, 0.2) is 66.2 Å². The smallest absolute Gasteiger partial charge is 0.355 e. The Morgan fingerprint density at radius 3 is 2.46 bits per heavy atom. The van der Waals surface area contributed by atoms with Crippen molar-refractivity contribution >= 4 is 95.7 Å². The third-order valence-corrected chi connectivity index (χ3v) is 20.1. The van der Waals surface area contributed by atoms with Crippen molar-refractivity contribution in [2.45, 2.75) is 110 Å². The van der Waals surface area contributed by atoms with Gasteiger partial charge in [-0.05, 0) is 107 Å². The number of aliphatic hydroxyl groups is 1. The number of aliphatic hydroxyl groups excluding tert-OH is 1. The van der Waals surface area contributed by atoms with Crippen LogP contribution < -0.4 is 30.3 Å². The average molecular weight is 1330 g/mol. The van der Waals surface area contributed by atoms with E-state index in [1.807, 2.05) is 78.1 Å². The maximum Gasteiger partial charge on any atom is 0.355 e. The fourth-order valence-corrected chi connectivity index (χ4v) is 14.3. The molecule has 1 saturated carbocycles. The molecule has 2 saturated heterocycles. The van der Waals surface area contributed by atoms with Gasteiger partial charge in [0, 0.05) is 85.9 Å². The minimum atomic E-state index is -2.00. The molecule has 0 bridgehead atoms. The number of hydrogen-bond donors (Lipinski definition) is 5. The summed E-state index contributed by atoms with van der Waals surface area (Å²) in [5.41, 5.74) is 4.64. The van der Waals surface area contributed by atoms with Gasteiger partial charge in [0.1, 0.15) is 24.4 Å². The number of thiazole rings is 3. The summed E-state index contributed by atoms with van der Waals surface area (Å²) in [7, 11) is 1.84. The van der Waals surface area contributed by atoms with E-state index in [0.717, 1.165) is 55.5 Å². The number of fused-ring (bicyclic) bond motifs is 2. The van der Waals surface area contributed by atoms with Gasteiger partial charge in [0.2, 0.25) is 17.7 Å². The summed E-state index contributed by atoms with van der Waals surface area (Å²) in [4.78, 5) is 90.9. The van der Waals surface area contributed by atoms with Crippen LogP contribution in [-0.2, 0) is 38.6 Å². The molecular formula is C66H75F2N13O9S3. The second-order valence-corrected chi connectivity index (χ2v) is 27.9. The molecule has 0 spiro atoms. The Hall–Kier alpha value is -8.26. The molecule has 27 heteroatoms. The number of carboxylic acid groups (broad SMARTS) is 1. The molecule has 0 unspecified atom stereocenters. The molecule has 7 aromatic rings. The zero-order valence-electron chi connectivity index (χ0n) is 52.7. The first kappa shape index (κ1) is 66.2. The summed E-state index contributed by atoms with van der Waals surface area (Å²) in [6.07, 6.45) is 1.55. The van der Waals surface area contributed by atoms with Crippen molar-refractivity contribution < 1.29 is 52.4 Å². The van der Waals surface area contributed by atoms with Crippen LogP contribution in [0.2, 0.25) is 0 Å². The number of carbonyl (C=O) groups is 5. The normalized spacial score (nSPS) is 17.4. The number of carbonyl (C=O) groups excluding carboxylic acids is 4. The molecule has 4 aromatic heterocycles. The van der Waals surface area contributed by atoms with E-state index in [0.29, 0.717) is 97.2 Å². The van der Waals surface area contributed by atoms with Gasteiger partial charge >= 0.3 is 5.97 Å². The zero-order valence-corrected chi connectivity index (χ0v) is 55.2. The molecule has 22 nitrogen and oxygen atoms in total. The Morgan fingerprint density at radius 2 is 1.73 bits per heavy atom. The fraction of sp³-hybridized carbons (Fsp3) is 0.455. The lowest BCUT2D eigenvalue weighted by molar-refractivity contribution is -0.145. The Bertz CT molecular complexity index is 3970. The summed E-state index contributed by atoms with van der Waals surface area (Å²) in [5.74, 6) is 4.38. The maximum absolute atomic E-state index is 15.4. The predicted octanol–water partition coefficient (Wildman–Crippen LogP) is 8.08. The summed E-state index contributed by atoms with van der Waals surface area (Å²) in [6.45, 7) is 13.3. The quantitative estimate of drug-likeness (QED) is 0.0299. The number of ether oxygens (including phenoxy) is 2. The number of anilines is 4.